The summed E-state index contributed by atoms with van der Waals surface area (Å²) in [6.07, 6.45) is -2.09. The van der Waals surface area contributed by atoms with Crippen molar-refractivity contribution < 1.29 is 22.8 Å². The molecule has 0 bridgehead atoms. The lowest BCUT2D eigenvalue weighted by Gasteiger charge is -2.30. The summed E-state index contributed by atoms with van der Waals surface area (Å²) in [4.78, 5) is 31.9. The van der Waals surface area contributed by atoms with Crippen LogP contribution in [0.4, 0.5) is 13.2 Å². The van der Waals surface area contributed by atoms with Gasteiger partial charge in [-0.05, 0) is 47.7 Å². The Morgan fingerprint density at radius 1 is 1.18 bits per heavy atom. The molecule has 2 amide bonds. The third kappa shape index (κ3) is 3.89. The number of nitrogens with zero attached hydrogens (tertiary/aromatic N) is 3. The van der Waals surface area contributed by atoms with Crippen LogP contribution in [-0.2, 0) is 6.18 Å². The molecule has 1 aromatic heterocycles. The number of hydrogen-bond acceptors (Lipinski definition) is 4. The fourth-order valence-corrected chi connectivity index (χ4v) is 4.59. The van der Waals surface area contributed by atoms with Crippen LogP contribution >= 0.6 is 15.9 Å². The van der Waals surface area contributed by atoms with Crippen molar-refractivity contribution in [1.29, 1.82) is 5.26 Å². The molecule has 33 heavy (non-hydrogen) atoms. The number of nitriles is 1. The van der Waals surface area contributed by atoms with Gasteiger partial charge in [-0.15, -0.1) is 0 Å². The Morgan fingerprint density at radius 2 is 1.94 bits per heavy atom. The van der Waals surface area contributed by atoms with Crippen molar-refractivity contribution in [2.45, 2.75) is 31.9 Å². The Bertz CT molecular complexity index is 1320. The second kappa shape index (κ2) is 8.60. The first-order valence-corrected chi connectivity index (χ1v) is 11.0. The van der Waals surface area contributed by atoms with Crippen LogP contribution in [0.1, 0.15) is 63.2 Å². The summed E-state index contributed by atoms with van der Waals surface area (Å²) in [6.45, 7) is 2.03. The number of unbranched alkanes of at least 4 members (excludes halogenated alkanes) is 1. The number of pyridine rings is 1. The largest absolute Gasteiger partial charge is 0.417 e. The van der Waals surface area contributed by atoms with Gasteiger partial charge in [0.2, 0.25) is 0 Å². The zero-order chi connectivity index (χ0) is 23.9. The number of carbonyl (C=O) groups excluding carboxylic acids is 2. The molecule has 4 rings (SSSR count). The van der Waals surface area contributed by atoms with Crippen molar-refractivity contribution in [3.63, 3.8) is 0 Å². The van der Waals surface area contributed by atoms with E-state index in [0.29, 0.717) is 12.8 Å². The standard InChI is InChI=1S/C24H17BrF3N3O2/c1-2-3-8-31-22(32)16-10-13(25)9-15-18(24(26,27)28)11-14(21(20(15)16)23(31)33)17(12-29)19-6-4-5-7-30-19/h4-7,9-11,17H,2-3,8H2,1H3. The van der Waals surface area contributed by atoms with Crippen molar-refractivity contribution in [2.24, 2.45) is 0 Å². The predicted molar refractivity (Wildman–Crippen MR) is 119 cm³/mol. The fourth-order valence-electron chi connectivity index (χ4n) is 4.13. The van der Waals surface area contributed by atoms with Crippen LogP contribution in [0, 0.1) is 11.3 Å². The summed E-state index contributed by atoms with van der Waals surface area (Å²) in [5, 5.41) is 9.58. The molecule has 1 atom stereocenters. The first-order valence-electron chi connectivity index (χ1n) is 10.2. The average Bonchev–Trinajstić information content (AvgIpc) is 2.77. The Labute approximate surface area is 196 Å². The van der Waals surface area contributed by atoms with Gasteiger partial charge in [0.15, 0.2) is 0 Å². The number of imide groups is 1. The number of amides is 2. The quantitative estimate of drug-likeness (QED) is 0.386. The number of alkyl halides is 3. The topological polar surface area (TPSA) is 74.1 Å². The van der Waals surface area contributed by atoms with E-state index in [2.05, 4.69) is 20.9 Å². The number of carbonyl (C=O) groups is 2. The molecular weight excluding hydrogens is 499 g/mol. The number of aromatic nitrogens is 1. The molecule has 1 aliphatic heterocycles. The van der Waals surface area contributed by atoms with Gasteiger partial charge in [-0.25, -0.2) is 0 Å². The number of rotatable bonds is 5. The maximum absolute atomic E-state index is 14.1. The van der Waals surface area contributed by atoms with Gasteiger partial charge in [-0.2, -0.15) is 18.4 Å². The molecule has 5 nitrogen and oxygen atoms in total. The van der Waals surface area contributed by atoms with Crippen LogP contribution in [0.2, 0.25) is 0 Å². The van der Waals surface area contributed by atoms with Gasteiger partial charge in [0.25, 0.3) is 11.8 Å². The summed E-state index contributed by atoms with van der Waals surface area (Å²) < 4.78 is 42.7. The molecule has 0 aliphatic carbocycles. The fraction of sp³-hybridized carbons (Fsp3) is 0.250. The van der Waals surface area contributed by atoms with E-state index in [4.69, 9.17) is 0 Å². The molecule has 1 aliphatic rings. The molecule has 0 saturated heterocycles. The van der Waals surface area contributed by atoms with Crippen molar-refractivity contribution >= 4 is 38.5 Å². The maximum Gasteiger partial charge on any atom is 0.417 e. The zero-order valence-corrected chi connectivity index (χ0v) is 19.0. The van der Waals surface area contributed by atoms with E-state index in [1.54, 1.807) is 12.1 Å². The highest BCUT2D eigenvalue weighted by Crippen LogP contribution is 2.44. The van der Waals surface area contributed by atoms with Gasteiger partial charge in [0.05, 0.1) is 22.9 Å². The monoisotopic (exact) mass is 515 g/mol. The Hall–Kier alpha value is -3.25. The highest BCUT2D eigenvalue weighted by atomic mass is 79.9. The summed E-state index contributed by atoms with van der Waals surface area (Å²) in [7, 11) is 0. The van der Waals surface area contributed by atoms with E-state index in [0.717, 1.165) is 11.0 Å². The average molecular weight is 516 g/mol. The van der Waals surface area contributed by atoms with E-state index >= 15 is 0 Å². The van der Waals surface area contributed by atoms with Crippen LogP contribution in [0.3, 0.4) is 0 Å². The molecule has 3 aromatic rings. The summed E-state index contributed by atoms with van der Waals surface area (Å²) in [5.74, 6) is -2.58. The summed E-state index contributed by atoms with van der Waals surface area (Å²) >= 11 is 3.20. The Balaban J connectivity index is 2.14. The van der Waals surface area contributed by atoms with Crippen LogP contribution in [0.5, 0.6) is 0 Å². The van der Waals surface area contributed by atoms with E-state index in [1.165, 1.54) is 24.4 Å². The first-order chi connectivity index (χ1) is 15.7. The van der Waals surface area contributed by atoms with Crippen molar-refractivity contribution in [3.05, 3.63) is 75.0 Å². The Kier molecular flexibility index (Phi) is 5.97. The summed E-state index contributed by atoms with van der Waals surface area (Å²) in [6, 6.07) is 10.3. The van der Waals surface area contributed by atoms with E-state index in [9.17, 15) is 28.0 Å². The van der Waals surface area contributed by atoms with Gasteiger partial charge in [-0.3, -0.25) is 19.5 Å². The van der Waals surface area contributed by atoms with Gasteiger partial charge in [0.1, 0.15) is 5.92 Å². The van der Waals surface area contributed by atoms with Gasteiger partial charge in [-0.1, -0.05) is 35.3 Å². The molecule has 2 heterocycles. The number of hydrogen-bond donors (Lipinski definition) is 0. The lowest BCUT2D eigenvalue weighted by Crippen LogP contribution is -2.41. The van der Waals surface area contributed by atoms with Crippen molar-refractivity contribution in [1.82, 2.24) is 9.88 Å². The maximum atomic E-state index is 14.1. The summed E-state index contributed by atoms with van der Waals surface area (Å²) in [5.41, 5.74) is -0.980. The van der Waals surface area contributed by atoms with E-state index in [-0.39, 0.29) is 44.2 Å². The molecule has 168 valence electrons. The van der Waals surface area contributed by atoms with E-state index in [1.807, 2.05) is 13.0 Å². The van der Waals surface area contributed by atoms with Gasteiger partial charge in [0, 0.05) is 28.2 Å². The second-order valence-electron chi connectivity index (χ2n) is 7.69. The molecule has 2 aromatic carbocycles. The van der Waals surface area contributed by atoms with Crippen LogP contribution in [-0.4, -0.2) is 28.2 Å². The zero-order valence-electron chi connectivity index (χ0n) is 17.4. The predicted octanol–water partition coefficient (Wildman–Crippen LogP) is 6.07. The van der Waals surface area contributed by atoms with Crippen LogP contribution in [0.15, 0.2) is 47.1 Å². The van der Waals surface area contributed by atoms with Gasteiger partial charge < -0.3 is 0 Å². The lowest BCUT2D eigenvalue weighted by atomic mass is 9.82. The number of benzene rings is 2. The Morgan fingerprint density at radius 3 is 2.55 bits per heavy atom. The molecule has 1 unspecified atom stereocenters. The third-order valence-corrected chi connectivity index (χ3v) is 6.09. The normalized spacial score (nSPS) is 14.5. The molecule has 0 fully saturated rings. The lowest BCUT2D eigenvalue weighted by molar-refractivity contribution is -0.136. The first kappa shape index (κ1) is 22.9. The molecular formula is C24H17BrF3N3O2. The highest BCUT2D eigenvalue weighted by Gasteiger charge is 2.41. The minimum Gasteiger partial charge on any atom is -0.274 e. The minimum absolute atomic E-state index is 0.00450. The van der Waals surface area contributed by atoms with Crippen LogP contribution in [0.25, 0.3) is 10.8 Å². The molecule has 0 saturated carbocycles. The second-order valence-corrected chi connectivity index (χ2v) is 8.61. The minimum atomic E-state index is -4.78. The SMILES string of the molecule is CCCCN1C(=O)c2cc(Br)cc3c(C(F)(F)F)cc(C(C#N)c4ccccn4)c(c23)C1=O. The van der Waals surface area contributed by atoms with Crippen molar-refractivity contribution in [2.75, 3.05) is 6.54 Å². The van der Waals surface area contributed by atoms with Crippen LogP contribution < -0.4 is 0 Å². The highest BCUT2D eigenvalue weighted by molar-refractivity contribution is 9.10. The van der Waals surface area contributed by atoms with Crippen molar-refractivity contribution in [3.8, 4) is 6.07 Å². The molecule has 0 radical (unpaired) electrons. The molecule has 0 spiro atoms. The molecule has 9 heteroatoms. The van der Waals surface area contributed by atoms with Gasteiger partial charge >= 0.3 is 6.18 Å². The molecule has 0 N–H and O–H groups in total. The number of halogens is 4. The van der Waals surface area contributed by atoms with E-state index < -0.39 is 29.5 Å². The smallest absolute Gasteiger partial charge is 0.274 e. The third-order valence-electron chi connectivity index (χ3n) is 5.63.